The van der Waals surface area contributed by atoms with Crippen molar-refractivity contribution in [2.45, 2.75) is 51.6 Å². The van der Waals surface area contributed by atoms with Gasteiger partial charge in [-0.15, -0.1) is 0 Å². The first-order chi connectivity index (χ1) is 31.7. The van der Waals surface area contributed by atoms with E-state index in [0.717, 1.165) is 63.3 Å². The molecule has 4 aromatic heterocycles. The molecule has 1 amide bonds. The van der Waals surface area contributed by atoms with Crippen LogP contribution in [0.2, 0.25) is 0 Å². The molecule has 0 aliphatic carbocycles. The Labute approximate surface area is 381 Å². The molecular weight excluding hydrogens is 807 g/mol. The summed E-state index contributed by atoms with van der Waals surface area (Å²) in [5, 5.41) is 9.41. The van der Waals surface area contributed by atoms with E-state index in [2.05, 4.69) is 98.3 Å². The van der Waals surface area contributed by atoms with Crippen molar-refractivity contribution in [3.05, 3.63) is 187 Å². The van der Waals surface area contributed by atoms with Gasteiger partial charge in [-0.25, -0.2) is 19.9 Å². The van der Waals surface area contributed by atoms with Gasteiger partial charge in [-0.3, -0.25) is 14.8 Å². The standard InChI is InChI=1S/C27H29N5.C26H26N6O/c1-19(2)22-9-6-10-23(16-22)25-18-31-27(32-26(25)21-11-13-29-14-12-21)30-17-24(28)15-20-7-4-3-5-8-20;1-18(33)31-23-9-5-8-21(15-23)24-17-30-26(32-25(24)20-10-12-28-13-11-20)29-16-22(27)14-19-6-3-2-4-7-19/h3-14,16,18-19,24H,15,17,28H2,1-2H3,(H,30,31,32);2-13,15,17,22H,14,16,27H2,1H3,(H,31,33)(H,29,30,32)/t24-;22-/m00/s1. The van der Waals surface area contributed by atoms with Gasteiger partial charge in [0.25, 0.3) is 0 Å². The summed E-state index contributed by atoms with van der Waals surface area (Å²) in [5.41, 5.74) is 24.5. The Kier molecular flexibility index (Phi) is 15.8. The maximum Gasteiger partial charge on any atom is 0.223 e. The fourth-order valence-electron chi connectivity index (χ4n) is 7.27. The third-order valence-electron chi connectivity index (χ3n) is 10.6. The summed E-state index contributed by atoms with van der Waals surface area (Å²) >= 11 is 0. The van der Waals surface area contributed by atoms with Crippen LogP contribution < -0.4 is 27.4 Å². The largest absolute Gasteiger partial charge is 0.353 e. The summed E-state index contributed by atoms with van der Waals surface area (Å²) in [6.07, 6.45) is 12.3. The third-order valence-corrected chi connectivity index (χ3v) is 10.6. The summed E-state index contributed by atoms with van der Waals surface area (Å²) in [7, 11) is 0. The van der Waals surface area contributed by atoms with Crippen LogP contribution in [-0.2, 0) is 17.6 Å². The molecule has 0 saturated carbocycles. The first-order valence-electron chi connectivity index (χ1n) is 21.8. The van der Waals surface area contributed by atoms with Crippen LogP contribution in [-0.4, -0.2) is 61.0 Å². The van der Waals surface area contributed by atoms with Crippen LogP contribution >= 0.6 is 0 Å². The van der Waals surface area contributed by atoms with Gasteiger partial charge in [0.05, 0.1) is 11.4 Å². The topological polar surface area (TPSA) is 183 Å². The maximum absolute atomic E-state index is 11.5. The monoisotopic (exact) mass is 861 g/mol. The quantitative estimate of drug-likeness (QED) is 0.0624. The van der Waals surface area contributed by atoms with Crippen LogP contribution in [0.3, 0.4) is 0 Å². The summed E-state index contributed by atoms with van der Waals surface area (Å²) in [6.45, 7) is 7.02. The molecule has 8 rings (SSSR count). The number of carbonyl (C=O) groups is 1. The number of amides is 1. The normalized spacial score (nSPS) is 11.8. The lowest BCUT2D eigenvalue weighted by atomic mass is 9.96. The Balaban J connectivity index is 0.000000194. The van der Waals surface area contributed by atoms with E-state index in [9.17, 15) is 4.79 Å². The molecule has 12 nitrogen and oxygen atoms in total. The smallest absolute Gasteiger partial charge is 0.223 e. The number of aromatic nitrogens is 6. The van der Waals surface area contributed by atoms with Crippen molar-refractivity contribution >= 4 is 23.5 Å². The molecular formula is C53H55N11O. The average molecular weight is 862 g/mol. The zero-order chi connectivity index (χ0) is 45.4. The number of anilines is 3. The Morgan fingerprint density at radius 2 is 1.02 bits per heavy atom. The van der Waals surface area contributed by atoms with Crippen LogP contribution in [0.25, 0.3) is 44.8 Å². The van der Waals surface area contributed by atoms with Gasteiger partial charge in [0.2, 0.25) is 17.8 Å². The van der Waals surface area contributed by atoms with Crippen molar-refractivity contribution in [1.29, 1.82) is 0 Å². The van der Waals surface area contributed by atoms with Gasteiger partial charge in [-0.1, -0.05) is 111 Å². The Morgan fingerprint density at radius 3 is 1.48 bits per heavy atom. The highest BCUT2D eigenvalue weighted by Gasteiger charge is 2.16. The predicted molar refractivity (Wildman–Crippen MR) is 263 cm³/mol. The van der Waals surface area contributed by atoms with Crippen molar-refractivity contribution in [3.8, 4) is 44.8 Å². The zero-order valence-corrected chi connectivity index (χ0v) is 37.0. The van der Waals surface area contributed by atoms with E-state index in [4.69, 9.17) is 21.4 Å². The van der Waals surface area contributed by atoms with Gasteiger partial charge >= 0.3 is 0 Å². The minimum atomic E-state index is -0.121. The fourth-order valence-corrected chi connectivity index (χ4v) is 7.27. The second-order valence-corrected chi connectivity index (χ2v) is 16.1. The van der Waals surface area contributed by atoms with Crippen molar-refractivity contribution < 1.29 is 4.79 Å². The molecule has 0 radical (unpaired) electrons. The molecule has 8 aromatic rings. The van der Waals surface area contributed by atoms with Crippen molar-refractivity contribution in [2.75, 3.05) is 29.0 Å². The molecule has 65 heavy (non-hydrogen) atoms. The van der Waals surface area contributed by atoms with Crippen LogP contribution in [0.15, 0.2) is 171 Å². The van der Waals surface area contributed by atoms with E-state index in [1.54, 1.807) is 31.0 Å². The van der Waals surface area contributed by atoms with Crippen LogP contribution in [0.4, 0.5) is 17.6 Å². The average Bonchev–Trinajstić information content (AvgIpc) is 3.34. The molecule has 0 fully saturated rings. The number of rotatable bonds is 16. The lowest BCUT2D eigenvalue weighted by molar-refractivity contribution is -0.114. The molecule has 328 valence electrons. The third kappa shape index (κ3) is 13.2. The first-order valence-corrected chi connectivity index (χ1v) is 21.8. The second kappa shape index (κ2) is 22.6. The number of hydrogen-bond donors (Lipinski definition) is 5. The molecule has 12 heteroatoms. The minimum Gasteiger partial charge on any atom is -0.353 e. The molecule has 0 unspecified atom stereocenters. The Hall–Kier alpha value is -7.67. The van der Waals surface area contributed by atoms with E-state index < -0.39 is 0 Å². The molecule has 0 saturated heterocycles. The number of nitrogens with one attached hydrogen (secondary N) is 3. The van der Waals surface area contributed by atoms with Crippen molar-refractivity contribution in [2.24, 2.45) is 11.5 Å². The van der Waals surface area contributed by atoms with E-state index >= 15 is 0 Å². The van der Waals surface area contributed by atoms with Gasteiger partial charge in [0.1, 0.15) is 0 Å². The first kappa shape index (κ1) is 45.4. The van der Waals surface area contributed by atoms with Gasteiger partial charge in [0.15, 0.2) is 0 Å². The highest BCUT2D eigenvalue weighted by Crippen LogP contribution is 2.33. The van der Waals surface area contributed by atoms with Gasteiger partial charge < -0.3 is 27.4 Å². The fraction of sp³-hybridized carbons (Fsp3) is 0.189. The number of benzene rings is 4. The van der Waals surface area contributed by atoms with Crippen LogP contribution in [0.1, 0.15) is 43.4 Å². The van der Waals surface area contributed by atoms with Gasteiger partial charge in [0, 0.05) is 97.2 Å². The van der Waals surface area contributed by atoms with Crippen LogP contribution in [0, 0.1) is 0 Å². The summed E-state index contributed by atoms with van der Waals surface area (Å²) in [6, 6.07) is 44.3. The Bertz CT molecular complexity index is 2740. The molecule has 0 aliphatic rings. The highest BCUT2D eigenvalue weighted by molar-refractivity contribution is 5.90. The number of nitrogens with two attached hydrogens (primary N) is 2. The van der Waals surface area contributed by atoms with E-state index in [1.807, 2.05) is 91.1 Å². The van der Waals surface area contributed by atoms with Gasteiger partial charge in [-0.05, 0) is 83.0 Å². The molecule has 0 spiro atoms. The van der Waals surface area contributed by atoms with E-state index in [0.29, 0.717) is 30.9 Å². The molecule has 4 heterocycles. The van der Waals surface area contributed by atoms with Crippen LogP contribution in [0.5, 0.6) is 0 Å². The lowest BCUT2D eigenvalue weighted by Crippen LogP contribution is -2.31. The number of nitrogens with zero attached hydrogens (tertiary/aromatic N) is 6. The zero-order valence-electron chi connectivity index (χ0n) is 37.0. The second-order valence-electron chi connectivity index (χ2n) is 16.1. The molecule has 7 N–H and O–H groups in total. The van der Waals surface area contributed by atoms with Crippen molar-refractivity contribution in [1.82, 2.24) is 29.9 Å². The number of pyridine rings is 2. The molecule has 2 atom stereocenters. The summed E-state index contributed by atoms with van der Waals surface area (Å²) in [4.78, 5) is 38.5. The summed E-state index contributed by atoms with van der Waals surface area (Å²) < 4.78 is 0. The molecule has 0 bridgehead atoms. The molecule has 4 aromatic carbocycles. The van der Waals surface area contributed by atoms with Gasteiger partial charge in [-0.2, -0.15) is 0 Å². The number of hydrogen-bond acceptors (Lipinski definition) is 11. The van der Waals surface area contributed by atoms with E-state index in [1.165, 1.54) is 23.6 Å². The number of carbonyl (C=O) groups excluding carboxylic acids is 1. The minimum absolute atomic E-state index is 0.0345. The Morgan fingerprint density at radius 1 is 0.554 bits per heavy atom. The van der Waals surface area contributed by atoms with Crippen molar-refractivity contribution in [3.63, 3.8) is 0 Å². The summed E-state index contributed by atoms with van der Waals surface area (Å²) in [5.74, 6) is 1.41. The highest BCUT2D eigenvalue weighted by atomic mass is 16.1. The SMILES string of the molecule is CC(=O)Nc1cccc(-c2cnc(NC[C@@H](N)Cc3ccccc3)nc2-c2ccncc2)c1.CC(C)c1cccc(-c2cnc(NC[C@@H](N)Cc3ccccc3)nc2-c2ccncc2)c1. The van der Waals surface area contributed by atoms with E-state index in [-0.39, 0.29) is 18.0 Å². The maximum atomic E-state index is 11.5. The predicted octanol–water partition coefficient (Wildman–Crippen LogP) is 9.46. The molecule has 0 aliphatic heterocycles. The lowest BCUT2D eigenvalue weighted by Gasteiger charge is -2.15.